The van der Waals surface area contributed by atoms with Crippen molar-refractivity contribution in [3.63, 3.8) is 0 Å². The van der Waals surface area contributed by atoms with E-state index in [4.69, 9.17) is 11.6 Å². The van der Waals surface area contributed by atoms with E-state index in [2.05, 4.69) is 10.9 Å². The first-order valence-electron chi connectivity index (χ1n) is 6.64. The molecule has 2 aromatic rings. The zero-order valence-electron chi connectivity index (χ0n) is 11.9. The molecule has 2 amide bonds. The minimum atomic E-state index is -0.387. The van der Waals surface area contributed by atoms with Crippen LogP contribution >= 0.6 is 23.4 Å². The van der Waals surface area contributed by atoms with Crippen LogP contribution in [0.4, 0.5) is 0 Å². The van der Waals surface area contributed by atoms with Gasteiger partial charge in [-0.25, -0.2) is 0 Å². The summed E-state index contributed by atoms with van der Waals surface area (Å²) >= 11 is 7.18. The van der Waals surface area contributed by atoms with Gasteiger partial charge in [-0.2, -0.15) is 0 Å². The Kier molecular flexibility index (Phi) is 5.86. The number of benzene rings is 2. The maximum atomic E-state index is 12.0. The second-order valence-electron chi connectivity index (χ2n) is 4.52. The third-order valence-electron chi connectivity index (χ3n) is 2.83. The molecule has 6 heteroatoms. The van der Waals surface area contributed by atoms with Crippen molar-refractivity contribution in [2.24, 2.45) is 0 Å². The molecule has 2 rings (SSSR count). The molecule has 0 bridgehead atoms. The Morgan fingerprint density at radius 2 is 1.64 bits per heavy atom. The minimum absolute atomic E-state index is 0.267. The Balaban J connectivity index is 1.84. The van der Waals surface area contributed by atoms with Gasteiger partial charge in [-0.1, -0.05) is 29.8 Å². The van der Waals surface area contributed by atoms with Crippen molar-refractivity contribution in [1.82, 2.24) is 10.9 Å². The van der Waals surface area contributed by atoms with Gasteiger partial charge in [0.1, 0.15) is 0 Å². The van der Waals surface area contributed by atoms with Gasteiger partial charge in [-0.3, -0.25) is 20.4 Å². The van der Waals surface area contributed by atoms with E-state index < -0.39 is 0 Å². The van der Waals surface area contributed by atoms with E-state index in [0.29, 0.717) is 10.6 Å². The van der Waals surface area contributed by atoms with Crippen molar-refractivity contribution < 1.29 is 9.59 Å². The first kappa shape index (κ1) is 16.4. The molecular formula is C16H15ClN2O2S. The number of hydrogen-bond donors (Lipinski definition) is 2. The molecule has 0 saturated carbocycles. The van der Waals surface area contributed by atoms with Crippen molar-refractivity contribution in [3.05, 3.63) is 65.2 Å². The van der Waals surface area contributed by atoms with Crippen LogP contribution in [-0.2, 0) is 4.79 Å². The van der Waals surface area contributed by atoms with Gasteiger partial charge in [0.2, 0.25) is 0 Å². The molecular weight excluding hydrogens is 320 g/mol. The van der Waals surface area contributed by atoms with Crippen LogP contribution in [-0.4, -0.2) is 17.1 Å². The number of rotatable bonds is 4. The molecule has 2 aromatic carbocycles. The molecule has 0 saturated heterocycles. The molecule has 0 aliphatic heterocycles. The summed E-state index contributed by atoms with van der Waals surface area (Å²) in [5.41, 5.74) is 5.24. The van der Waals surface area contributed by atoms with Gasteiger partial charge in [0.15, 0.2) is 0 Å². The summed E-state index contributed by atoms with van der Waals surface area (Å²) < 4.78 is 0. The molecule has 0 spiro atoms. The predicted molar refractivity (Wildman–Crippen MR) is 88.8 cm³/mol. The second kappa shape index (κ2) is 7.87. The lowest BCUT2D eigenvalue weighted by Gasteiger charge is -2.12. The average molecular weight is 335 g/mol. The van der Waals surface area contributed by atoms with Crippen molar-refractivity contribution in [3.8, 4) is 0 Å². The van der Waals surface area contributed by atoms with Crippen LogP contribution < -0.4 is 10.9 Å². The zero-order chi connectivity index (χ0) is 15.9. The molecule has 4 nitrogen and oxygen atoms in total. The van der Waals surface area contributed by atoms with Crippen molar-refractivity contribution in [1.29, 1.82) is 0 Å². The topological polar surface area (TPSA) is 58.2 Å². The van der Waals surface area contributed by atoms with Crippen LogP contribution in [0.15, 0.2) is 59.5 Å². The summed E-state index contributed by atoms with van der Waals surface area (Å²) in [6, 6.07) is 16.0. The Labute approximate surface area is 138 Å². The van der Waals surface area contributed by atoms with E-state index in [1.165, 1.54) is 11.8 Å². The van der Waals surface area contributed by atoms with E-state index in [1.807, 2.05) is 30.3 Å². The predicted octanol–water partition coefficient (Wildman–Crippen LogP) is 3.28. The number of carbonyl (C=O) groups is 2. The monoisotopic (exact) mass is 334 g/mol. The molecule has 0 aliphatic rings. The summed E-state index contributed by atoms with van der Waals surface area (Å²) in [6.45, 7) is 1.78. The van der Waals surface area contributed by atoms with Crippen LogP contribution in [0, 0.1) is 0 Å². The molecule has 0 fully saturated rings. The highest BCUT2D eigenvalue weighted by Gasteiger charge is 2.15. The fourth-order valence-corrected chi connectivity index (χ4v) is 2.66. The van der Waals surface area contributed by atoms with Crippen LogP contribution in [0.1, 0.15) is 17.3 Å². The van der Waals surface area contributed by atoms with E-state index in [0.717, 1.165) is 4.90 Å². The Morgan fingerprint density at radius 3 is 2.27 bits per heavy atom. The lowest BCUT2D eigenvalue weighted by atomic mass is 10.2. The number of hydrazine groups is 1. The fraction of sp³-hybridized carbons (Fsp3) is 0.125. The maximum absolute atomic E-state index is 12.0. The van der Waals surface area contributed by atoms with Crippen LogP contribution in [0.25, 0.3) is 0 Å². The number of nitrogens with one attached hydrogen (secondary N) is 2. The first-order chi connectivity index (χ1) is 10.6. The van der Waals surface area contributed by atoms with Gasteiger partial charge < -0.3 is 0 Å². The first-order valence-corrected chi connectivity index (χ1v) is 7.89. The third kappa shape index (κ3) is 4.79. The molecule has 2 N–H and O–H groups in total. The number of halogens is 1. The lowest BCUT2D eigenvalue weighted by molar-refractivity contribution is -0.121. The van der Waals surface area contributed by atoms with Crippen LogP contribution in [0.3, 0.4) is 0 Å². The standard InChI is InChI=1S/C16H15ClN2O2S/c1-11(22-14-5-3-2-4-6-14)15(20)18-19-16(21)12-7-9-13(17)10-8-12/h2-11H,1H3,(H,18,20)(H,19,21). The quantitative estimate of drug-likeness (QED) is 0.666. The largest absolute Gasteiger partial charge is 0.272 e. The van der Waals surface area contributed by atoms with Crippen LogP contribution in [0.2, 0.25) is 5.02 Å². The normalized spacial score (nSPS) is 11.5. The molecule has 0 heterocycles. The van der Waals surface area contributed by atoms with Gasteiger partial charge in [-0.15, -0.1) is 11.8 Å². The van der Waals surface area contributed by atoms with E-state index in [-0.39, 0.29) is 17.1 Å². The summed E-state index contributed by atoms with van der Waals surface area (Å²) in [4.78, 5) is 24.8. The number of thioether (sulfide) groups is 1. The number of carbonyl (C=O) groups excluding carboxylic acids is 2. The van der Waals surface area contributed by atoms with Crippen molar-refractivity contribution >= 4 is 35.2 Å². The van der Waals surface area contributed by atoms with Gasteiger partial charge in [0.25, 0.3) is 11.8 Å². The fourth-order valence-electron chi connectivity index (χ4n) is 1.65. The Morgan fingerprint density at radius 1 is 1.00 bits per heavy atom. The highest BCUT2D eigenvalue weighted by molar-refractivity contribution is 8.00. The van der Waals surface area contributed by atoms with Crippen LogP contribution in [0.5, 0.6) is 0 Å². The molecule has 0 radical (unpaired) electrons. The van der Waals surface area contributed by atoms with E-state index in [1.54, 1.807) is 31.2 Å². The summed E-state index contributed by atoms with van der Waals surface area (Å²) in [5, 5.41) is 0.224. The third-order valence-corrected chi connectivity index (χ3v) is 4.19. The van der Waals surface area contributed by atoms with Crippen molar-refractivity contribution in [2.45, 2.75) is 17.1 Å². The highest BCUT2D eigenvalue weighted by Crippen LogP contribution is 2.22. The Bertz CT molecular complexity index is 647. The number of hydrogen-bond acceptors (Lipinski definition) is 3. The number of amides is 2. The Hall–Kier alpha value is -1.98. The van der Waals surface area contributed by atoms with Gasteiger partial charge in [0, 0.05) is 15.5 Å². The summed E-state index contributed by atoms with van der Waals surface area (Å²) in [7, 11) is 0. The summed E-state index contributed by atoms with van der Waals surface area (Å²) in [5.74, 6) is -0.655. The molecule has 22 heavy (non-hydrogen) atoms. The van der Waals surface area contributed by atoms with Gasteiger partial charge >= 0.3 is 0 Å². The van der Waals surface area contributed by atoms with E-state index in [9.17, 15) is 9.59 Å². The highest BCUT2D eigenvalue weighted by atomic mass is 35.5. The minimum Gasteiger partial charge on any atom is -0.272 e. The smallest absolute Gasteiger partial charge is 0.269 e. The molecule has 1 unspecified atom stereocenters. The molecule has 0 aliphatic carbocycles. The van der Waals surface area contributed by atoms with Gasteiger partial charge in [0.05, 0.1) is 5.25 Å². The van der Waals surface area contributed by atoms with Crippen molar-refractivity contribution in [2.75, 3.05) is 0 Å². The molecule has 0 aromatic heterocycles. The van der Waals surface area contributed by atoms with Gasteiger partial charge in [-0.05, 0) is 43.3 Å². The SMILES string of the molecule is CC(Sc1ccccc1)C(=O)NNC(=O)c1ccc(Cl)cc1. The zero-order valence-corrected chi connectivity index (χ0v) is 13.4. The summed E-state index contributed by atoms with van der Waals surface area (Å²) in [6.07, 6.45) is 0. The lowest BCUT2D eigenvalue weighted by Crippen LogP contribution is -2.44. The average Bonchev–Trinajstić information content (AvgIpc) is 2.53. The van der Waals surface area contributed by atoms with E-state index >= 15 is 0 Å². The molecule has 114 valence electrons. The maximum Gasteiger partial charge on any atom is 0.269 e. The molecule has 1 atom stereocenters. The second-order valence-corrected chi connectivity index (χ2v) is 6.37.